The van der Waals surface area contributed by atoms with Gasteiger partial charge < -0.3 is 14.8 Å². The van der Waals surface area contributed by atoms with Crippen LogP contribution in [0.5, 0.6) is 11.5 Å². The van der Waals surface area contributed by atoms with Crippen LogP contribution in [0.2, 0.25) is 0 Å². The zero-order valence-corrected chi connectivity index (χ0v) is 18.1. The topological polar surface area (TPSA) is 80.2 Å². The number of ether oxygens (including phenoxy) is 2. The lowest BCUT2D eigenvalue weighted by atomic mass is 10.2. The molecule has 30 heavy (non-hydrogen) atoms. The number of aliphatic imine (C=N–C) groups is 1. The van der Waals surface area contributed by atoms with Crippen molar-refractivity contribution in [3.63, 3.8) is 0 Å². The fraction of sp³-hybridized carbons (Fsp3) is 0.318. The molecule has 8 heteroatoms. The molecule has 158 valence electrons. The van der Waals surface area contributed by atoms with Crippen LogP contribution in [-0.2, 0) is 9.59 Å². The van der Waals surface area contributed by atoms with Crippen LogP contribution in [-0.4, -0.2) is 47.4 Å². The van der Waals surface area contributed by atoms with Gasteiger partial charge in [-0.1, -0.05) is 17.8 Å². The number of nitrogens with one attached hydrogen (secondary N) is 1. The Morgan fingerprint density at radius 3 is 2.50 bits per heavy atom. The number of amides is 2. The van der Waals surface area contributed by atoms with Crippen molar-refractivity contribution < 1.29 is 19.1 Å². The smallest absolute Gasteiger partial charge is 0.242 e. The fourth-order valence-corrected chi connectivity index (χ4v) is 4.06. The molecule has 1 N–H and O–H groups in total. The second kappa shape index (κ2) is 10.2. The molecule has 1 saturated heterocycles. The summed E-state index contributed by atoms with van der Waals surface area (Å²) in [6, 6.07) is 14.5. The number of carbonyl (C=O) groups excluding carboxylic acids is 2. The molecule has 1 atom stereocenters. The Morgan fingerprint density at radius 2 is 1.80 bits per heavy atom. The van der Waals surface area contributed by atoms with Gasteiger partial charge in [-0.2, -0.15) is 0 Å². The number of rotatable bonds is 8. The van der Waals surface area contributed by atoms with Crippen molar-refractivity contribution in [2.75, 3.05) is 25.6 Å². The van der Waals surface area contributed by atoms with Gasteiger partial charge in [0.2, 0.25) is 11.8 Å². The standard InChI is InChI=1S/C22H25N3O4S/c1-4-28-17-11-9-15(10-12-17)24-22-25(3)21(27)19(30-22)14-20(26)23-16-7-6-8-18(13-16)29-5-2/h6-13,19H,4-5,14H2,1-3H3,(H,23,26)/t19-/m0/s1. The van der Waals surface area contributed by atoms with E-state index in [4.69, 9.17) is 9.47 Å². The highest BCUT2D eigenvalue weighted by atomic mass is 32.2. The maximum Gasteiger partial charge on any atom is 0.242 e. The van der Waals surface area contributed by atoms with Gasteiger partial charge in [0, 0.05) is 25.2 Å². The highest BCUT2D eigenvalue weighted by molar-refractivity contribution is 8.15. The quantitative estimate of drug-likeness (QED) is 0.687. The van der Waals surface area contributed by atoms with Crippen LogP contribution in [0.3, 0.4) is 0 Å². The summed E-state index contributed by atoms with van der Waals surface area (Å²) in [5.74, 6) is 1.09. The first-order valence-corrected chi connectivity index (χ1v) is 10.7. The Hall–Kier alpha value is -3.00. The van der Waals surface area contributed by atoms with Crippen molar-refractivity contribution in [3.8, 4) is 11.5 Å². The molecule has 2 aromatic carbocycles. The third-order valence-corrected chi connectivity index (χ3v) is 5.54. The predicted octanol–water partition coefficient (Wildman–Crippen LogP) is 4.07. The van der Waals surface area contributed by atoms with E-state index in [0.29, 0.717) is 29.8 Å². The first-order chi connectivity index (χ1) is 14.5. The average molecular weight is 428 g/mol. The van der Waals surface area contributed by atoms with Gasteiger partial charge in [-0.15, -0.1) is 0 Å². The Balaban J connectivity index is 1.62. The van der Waals surface area contributed by atoms with E-state index in [1.54, 1.807) is 19.2 Å². The average Bonchev–Trinajstić information content (AvgIpc) is 2.98. The number of amidine groups is 1. The molecular weight excluding hydrogens is 402 g/mol. The first kappa shape index (κ1) is 21.7. The van der Waals surface area contributed by atoms with Crippen LogP contribution in [0.25, 0.3) is 0 Å². The summed E-state index contributed by atoms with van der Waals surface area (Å²) >= 11 is 1.30. The Morgan fingerprint density at radius 1 is 1.10 bits per heavy atom. The van der Waals surface area contributed by atoms with Crippen LogP contribution in [0.15, 0.2) is 53.5 Å². The summed E-state index contributed by atoms with van der Waals surface area (Å²) in [6.07, 6.45) is 0.0645. The Kier molecular flexibility index (Phi) is 7.35. The molecule has 0 unspecified atom stereocenters. The zero-order valence-electron chi connectivity index (χ0n) is 17.3. The lowest BCUT2D eigenvalue weighted by Gasteiger charge is -2.10. The molecular formula is C22H25N3O4S. The van der Waals surface area contributed by atoms with E-state index in [2.05, 4.69) is 10.3 Å². The van der Waals surface area contributed by atoms with E-state index in [1.807, 2.05) is 50.2 Å². The molecule has 1 aliphatic rings. The maximum absolute atomic E-state index is 12.6. The molecule has 0 bridgehead atoms. The third-order valence-electron chi connectivity index (χ3n) is 4.31. The lowest BCUT2D eigenvalue weighted by molar-refractivity contribution is -0.127. The van der Waals surface area contributed by atoms with Gasteiger partial charge in [0.05, 0.1) is 18.9 Å². The highest BCUT2D eigenvalue weighted by Crippen LogP contribution is 2.31. The van der Waals surface area contributed by atoms with Crippen molar-refractivity contribution in [2.24, 2.45) is 4.99 Å². The number of thioether (sulfide) groups is 1. The molecule has 0 spiro atoms. The number of hydrogen-bond acceptors (Lipinski definition) is 6. The monoisotopic (exact) mass is 427 g/mol. The molecule has 0 saturated carbocycles. The molecule has 7 nitrogen and oxygen atoms in total. The van der Waals surface area contributed by atoms with Gasteiger partial charge in [-0.3, -0.25) is 14.5 Å². The zero-order chi connectivity index (χ0) is 21.5. The summed E-state index contributed by atoms with van der Waals surface area (Å²) in [5, 5.41) is 2.89. The van der Waals surface area contributed by atoms with Crippen LogP contribution in [0.4, 0.5) is 11.4 Å². The maximum atomic E-state index is 12.6. The molecule has 1 aliphatic heterocycles. The van der Waals surface area contributed by atoms with Gasteiger partial charge in [0.1, 0.15) is 16.7 Å². The van der Waals surface area contributed by atoms with E-state index in [-0.39, 0.29) is 18.2 Å². The minimum absolute atomic E-state index is 0.0645. The van der Waals surface area contributed by atoms with Crippen molar-refractivity contribution >= 4 is 40.1 Å². The van der Waals surface area contributed by atoms with Crippen molar-refractivity contribution in [1.82, 2.24) is 4.90 Å². The lowest BCUT2D eigenvalue weighted by Crippen LogP contribution is -2.30. The predicted molar refractivity (Wildman–Crippen MR) is 120 cm³/mol. The third kappa shape index (κ3) is 5.54. The Bertz CT molecular complexity index is 930. The minimum Gasteiger partial charge on any atom is -0.494 e. The second-order valence-corrected chi connectivity index (χ2v) is 7.71. The summed E-state index contributed by atoms with van der Waals surface area (Å²) in [4.78, 5) is 31.1. The molecule has 1 fully saturated rings. The van der Waals surface area contributed by atoms with Crippen LogP contribution in [0.1, 0.15) is 20.3 Å². The minimum atomic E-state index is -0.508. The number of carbonyl (C=O) groups is 2. The Labute approximate surface area is 180 Å². The fourth-order valence-electron chi connectivity index (χ4n) is 2.90. The number of benzene rings is 2. The summed E-state index contributed by atoms with van der Waals surface area (Å²) in [7, 11) is 1.67. The van der Waals surface area contributed by atoms with Gasteiger partial charge in [-0.25, -0.2) is 4.99 Å². The van der Waals surface area contributed by atoms with Crippen molar-refractivity contribution in [3.05, 3.63) is 48.5 Å². The molecule has 2 amide bonds. The van der Waals surface area contributed by atoms with Gasteiger partial charge in [-0.05, 0) is 50.2 Å². The van der Waals surface area contributed by atoms with Crippen LogP contribution in [0, 0.1) is 0 Å². The van der Waals surface area contributed by atoms with E-state index < -0.39 is 5.25 Å². The highest BCUT2D eigenvalue weighted by Gasteiger charge is 2.37. The number of anilines is 1. The normalized spacial score (nSPS) is 17.3. The number of hydrogen-bond donors (Lipinski definition) is 1. The van der Waals surface area contributed by atoms with Crippen LogP contribution < -0.4 is 14.8 Å². The second-order valence-electron chi connectivity index (χ2n) is 6.54. The van der Waals surface area contributed by atoms with Gasteiger partial charge in [0.15, 0.2) is 5.17 Å². The molecule has 2 aromatic rings. The summed E-state index contributed by atoms with van der Waals surface area (Å²) in [5.41, 5.74) is 1.36. The molecule has 0 aliphatic carbocycles. The molecule has 3 rings (SSSR count). The largest absolute Gasteiger partial charge is 0.494 e. The SMILES string of the molecule is CCOc1ccc(N=C2S[C@@H](CC(=O)Nc3cccc(OCC)c3)C(=O)N2C)cc1. The van der Waals surface area contributed by atoms with E-state index in [1.165, 1.54) is 16.7 Å². The number of nitrogens with zero attached hydrogens (tertiary/aromatic N) is 2. The first-order valence-electron chi connectivity index (χ1n) is 9.78. The van der Waals surface area contributed by atoms with Gasteiger partial charge in [0.25, 0.3) is 0 Å². The summed E-state index contributed by atoms with van der Waals surface area (Å²) in [6.45, 7) is 4.97. The van der Waals surface area contributed by atoms with E-state index in [9.17, 15) is 9.59 Å². The van der Waals surface area contributed by atoms with Crippen molar-refractivity contribution in [1.29, 1.82) is 0 Å². The molecule has 1 heterocycles. The van der Waals surface area contributed by atoms with E-state index >= 15 is 0 Å². The van der Waals surface area contributed by atoms with Gasteiger partial charge >= 0.3 is 0 Å². The molecule has 0 radical (unpaired) electrons. The van der Waals surface area contributed by atoms with Crippen molar-refractivity contribution in [2.45, 2.75) is 25.5 Å². The van der Waals surface area contributed by atoms with E-state index in [0.717, 1.165) is 11.4 Å². The van der Waals surface area contributed by atoms with Crippen LogP contribution >= 0.6 is 11.8 Å². The molecule has 0 aromatic heterocycles. The summed E-state index contributed by atoms with van der Waals surface area (Å²) < 4.78 is 10.9.